The molecule has 0 unspecified atom stereocenters. The summed E-state index contributed by atoms with van der Waals surface area (Å²) < 4.78 is 56.0. The highest BCUT2D eigenvalue weighted by atomic mass is 32.2. The third-order valence-electron chi connectivity index (χ3n) is 2.78. The number of hydrogen-bond donors (Lipinski definition) is 0. The minimum absolute atomic E-state index is 0.0765. The van der Waals surface area contributed by atoms with Crippen LogP contribution in [0.4, 0.5) is 0 Å². The second kappa shape index (κ2) is 8.22. The van der Waals surface area contributed by atoms with Gasteiger partial charge in [-0.05, 0) is 46.5 Å². The van der Waals surface area contributed by atoms with E-state index in [4.69, 9.17) is 18.0 Å². The van der Waals surface area contributed by atoms with Crippen LogP contribution in [0.2, 0.25) is 0 Å². The molecule has 9 heteroatoms. The van der Waals surface area contributed by atoms with E-state index in [1.807, 2.05) is 0 Å². The van der Waals surface area contributed by atoms with Crippen molar-refractivity contribution in [3.8, 4) is 0 Å². The normalized spacial score (nSPS) is 18.1. The molecule has 1 fully saturated rings. The smallest absolute Gasteiger partial charge is 0.356 e. The van der Waals surface area contributed by atoms with Gasteiger partial charge in [-0.3, -0.25) is 8.75 Å². The van der Waals surface area contributed by atoms with Crippen LogP contribution in [-0.2, 0) is 32.7 Å². The molecule has 1 saturated carbocycles. The molecule has 0 spiro atoms. The van der Waals surface area contributed by atoms with Gasteiger partial charge in [0.2, 0.25) is 0 Å². The monoisotopic (exact) mass is 358 g/mol. The first-order valence-corrected chi connectivity index (χ1v) is 11.0. The van der Waals surface area contributed by atoms with Gasteiger partial charge in [-0.15, -0.1) is 0 Å². The molecule has 0 aromatic carbocycles. The van der Waals surface area contributed by atoms with Crippen molar-refractivity contribution in [2.24, 2.45) is 5.92 Å². The number of hydrogen-bond acceptors (Lipinski definition) is 7. The van der Waals surface area contributed by atoms with Crippen molar-refractivity contribution in [1.29, 1.82) is 0 Å². The first-order chi connectivity index (χ1) is 10.0. The lowest BCUT2D eigenvalue weighted by molar-refractivity contribution is 0.0159. The molecule has 0 saturated heterocycles. The fourth-order valence-corrected chi connectivity index (χ4v) is 4.11. The fourth-order valence-electron chi connectivity index (χ4n) is 1.89. The fraction of sp³-hybridized carbons (Fsp3) is 1.00. The molecule has 0 amide bonds. The van der Waals surface area contributed by atoms with Crippen molar-refractivity contribution in [2.45, 2.75) is 58.8 Å². The lowest BCUT2D eigenvalue weighted by Gasteiger charge is -2.25. The van der Waals surface area contributed by atoms with Crippen molar-refractivity contribution in [1.82, 2.24) is 0 Å². The van der Waals surface area contributed by atoms with Gasteiger partial charge >= 0.3 is 7.60 Å². The molecule has 7 nitrogen and oxygen atoms in total. The third kappa shape index (κ3) is 8.60. The lowest BCUT2D eigenvalue weighted by Crippen LogP contribution is -2.25. The van der Waals surface area contributed by atoms with Crippen LogP contribution in [0.3, 0.4) is 0 Å². The van der Waals surface area contributed by atoms with Crippen LogP contribution in [-0.4, -0.2) is 45.9 Å². The zero-order chi connectivity index (χ0) is 17.0. The van der Waals surface area contributed by atoms with Crippen molar-refractivity contribution < 1.29 is 31.0 Å². The van der Waals surface area contributed by atoms with Gasteiger partial charge in [0.25, 0.3) is 10.1 Å². The van der Waals surface area contributed by atoms with E-state index in [9.17, 15) is 13.0 Å². The van der Waals surface area contributed by atoms with Gasteiger partial charge in [0, 0.05) is 0 Å². The largest absolute Gasteiger partial charge is 0.363 e. The highest BCUT2D eigenvalue weighted by Crippen LogP contribution is 2.51. The van der Waals surface area contributed by atoms with Crippen molar-refractivity contribution in [2.75, 3.05) is 19.2 Å². The summed E-state index contributed by atoms with van der Waals surface area (Å²) in [5.41, 5.74) is 0. The Morgan fingerprint density at radius 3 is 1.95 bits per heavy atom. The van der Waals surface area contributed by atoms with Gasteiger partial charge < -0.3 is 13.8 Å². The summed E-state index contributed by atoms with van der Waals surface area (Å²) in [7, 11) is -6.92. The average Bonchev–Trinajstić information content (AvgIpc) is 3.09. The Labute approximate surface area is 133 Å². The first-order valence-electron chi connectivity index (χ1n) is 7.42. The molecule has 0 aliphatic heterocycles. The summed E-state index contributed by atoms with van der Waals surface area (Å²) in [6.07, 6.45) is 1.72. The Morgan fingerprint density at radius 2 is 1.59 bits per heavy atom. The third-order valence-corrected chi connectivity index (χ3v) is 5.30. The molecule has 22 heavy (non-hydrogen) atoms. The topological polar surface area (TPSA) is 88.1 Å². The zero-order valence-electron chi connectivity index (χ0n) is 13.9. The summed E-state index contributed by atoms with van der Waals surface area (Å²) in [6.45, 7) is 6.98. The second-order valence-corrected chi connectivity index (χ2v) is 9.63. The lowest BCUT2D eigenvalue weighted by atomic mass is 10.2. The Morgan fingerprint density at radius 1 is 1.09 bits per heavy atom. The molecule has 1 aliphatic rings. The second-order valence-electron chi connectivity index (χ2n) is 6.08. The molecule has 1 atom stereocenters. The standard InChI is InChI=1S/C13H27O7PS/c1-10(2)19-21(14,20-11(3)4)9-17-13(12-6-7-12)8-18-22(5,15)16/h10-13H,6-9H2,1-5H3/t13-/m1/s1. The summed E-state index contributed by atoms with van der Waals surface area (Å²) >= 11 is 0. The maximum Gasteiger partial charge on any atom is 0.356 e. The molecule has 0 heterocycles. The molecular formula is C13H27O7PS. The Kier molecular flexibility index (Phi) is 7.49. The molecule has 0 N–H and O–H groups in total. The van der Waals surface area contributed by atoms with Crippen LogP contribution < -0.4 is 0 Å². The minimum atomic E-state index is -3.53. The maximum absolute atomic E-state index is 12.7. The summed E-state index contributed by atoms with van der Waals surface area (Å²) in [5, 5.41) is 0. The van der Waals surface area contributed by atoms with Gasteiger partial charge in [-0.25, -0.2) is 0 Å². The van der Waals surface area contributed by atoms with Crippen LogP contribution in [0.15, 0.2) is 0 Å². The number of rotatable bonds is 11. The average molecular weight is 358 g/mol. The predicted molar refractivity (Wildman–Crippen MR) is 83.3 cm³/mol. The van der Waals surface area contributed by atoms with E-state index < -0.39 is 23.8 Å². The molecule has 0 aromatic heterocycles. The van der Waals surface area contributed by atoms with E-state index in [0.29, 0.717) is 0 Å². The van der Waals surface area contributed by atoms with Crippen LogP contribution in [0.25, 0.3) is 0 Å². The maximum atomic E-state index is 12.7. The SMILES string of the molecule is CC(C)OP(=O)(CO[C@H](COS(C)(=O)=O)C1CC1)OC(C)C. The summed E-state index contributed by atoms with van der Waals surface area (Å²) in [4.78, 5) is 0. The molecular weight excluding hydrogens is 331 g/mol. The van der Waals surface area contributed by atoms with E-state index in [-0.39, 0.29) is 31.1 Å². The van der Waals surface area contributed by atoms with Crippen molar-refractivity contribution in [3.05, 3.63) is 0 Å². The van der Waals surface area contributed by atoms with Crippen molar-refractivity contribution >= 4 is 17.7 Å². The molecule has 132 valence electrons. The van der Waals surface area contributed by atoms with Crippen LogP contribution in [0.1, 0.15) is 40.5 Å². The van der Waals surface area contributed by atoms with E-state index in [1.54, 1.807) is 27.7 Å². The van der Waals surface area contributed by atoms with Crippen LogP contribution in [0, 0.1) is 5.92 Å². The van der Waals surface area contributed by atoms with E-state index in [1.165, 1.54) is 0 Å². The van der Waals surface area contributed by atoms with Gasteiger partial charge in [-0.1, -0.05) is 0 Å². The van der Waals surface area contributed by atoms with Gasteiger partial charge in [0.05, 0.1) is 31.2 Å². The molecule has 1 rings (SSSR count). The van der Waals surface area contributed by atoms with Gasteiger partial charge in [0.15, 0.2) is 0 Å². The first kappa shape index (κ1) is 20.1. The number of ether oxygens (including phenoxy) is 1. The quantitative estimate of drug-likeness (QED) is 0.414. The Balaban J connectivity index is 2.61. The summed E-state index contributed by atoms with van der Waals surface area (Å²) in [6, 6.07) is 0. The zero-order valence-corrected chi connectivity index (χ0v) is 15.6. The summed E-state index contributed by atoms with van der Waals surface area (Å²) in [5.74, 6) is 0.230. The van der Waals surface area contributed by atoms with E-state index >= 15 is 0 Å². The van der Waals surface area contributed by atoms with E-state index in [0.717, 1.165) is 19.1 Å². The predicted octanol–water partition coefficient (Wildman–Crippen LogP) is 2.76. The molecule has 0 radical (unpaired) electrons. The van der Waals surface area contributed by atoms with E-state index in [2.05, 4.69) is 0 Å². The minimum Gasteiger partial charge on any atom is -0.363 e. The molecule has 1 aliphatic carbocycles. The van der Waals surface area contributed by atoms with Gasteiger partial charge in [-0.2, -0.15) is 8.42 Å². The Bertz CT molecular complexity index is 471. The molecule has 0 aromatic rings. The van der Waals surface area contributed by atoms with Crippen LogP contribution >= 0.6 is 7.60 Å². The highest BCUT2D eigenvalue weighted by Gasteiger charge is 2.36. The molecule has 0 bridgehead atoms. The van der Waals surface area contributed by atoms with Crippen LogP contribution in [0.5, 0.6) is 0 Å². The Hall–Kier alpha value is 0.0200. The highest BCUT2D eigenvalue weighted by molar-refractivity contribution is 7.85. The van der Waals surface area contributed by atoms with Crippen molar-refractivity contribution in [3.63, 3.8) is 0 Å². The van der Waals surface area contributed by atoms with Gasteiger partial charge in [0.1, 0.15) is 6.35 Å².